The second-order valence-electron chi connectivity index (χ2n) is 7.47. The van der Waals surface area contributed by atoms with Crippen molar-refractivity contribution in [3.63, 3.8) is 0 Å². The zero-order chi connectivity index (χ0) is 22.5. The van der Waals surface area contributed by atoms with Crippen molar-refractivity contribution >= 4 is 55.8 Å². The van der Waals surface area contributed by atoms with Crippen LogP contribution < -0.4 is 4.74 Å². The van der Waals surface area contributed by atoms with Crippen molar-refractivity contribution in [1.29, 1.82) is 0 Å². The first-order valence-corrected chi connectivity index (χ1v) is 12.2. The molecule has 0 radical (unpaired) electrons. The maximum atomic E-state index is 13.2. The molecule has 1 unspecified atom stereocenters. The van der Waals surface area contributed by atoms with Crippen LogP contribution in [0.2, 0.25) is 0 Å². The van der Waals surface area contributed by atoms with Gasteiger partial charge in [0.05, 0.1) is 25.1 Å². The summed E-state index contributed by atoms with van der Waals surface area (Å²) in [5, 5.41) is 11.6. The van der Waals surface area contributed by atoms with Crippen LogP contribution in [0, 0.1) is 0 Å². The Morgan fingerprint density at radius 1 is 1.16 bits per heavy atom. The quantitative estimate of drug-likeness (QED) is 0.279. The van der Waals surface area contributed by atoms with Crippen LogP contribution in [0.15, 0.2) is 75.3 Å². The van der Waals surface area contributed by atoms with E-state index in [0.29, 0.717) is 17.5 Å². The van der Waals surface area contributed by atoms with Crippen LogP contribution in [0.25, 0.3) is 10.8 Å². The molecule has 164 valence electrons. The highest BCUT2D eigenvalue weighted by Gasteiger charge is 2.37. The van der Waals surface area contributed by atoms with Gasteiger partial charge in [0.2, 0.25) is 5.91 Å². The van der Waals surface area contributed by atoms with Gasteiger partial charge in [-0.1, -0.05) is 83.5 Å². The van der Waals surface area contributed by atoms with Crippen molar-refractivity contribution in [2.24, 2.45) is 10.2 Å². The zero-order valence-corrected chi connectivity index (χ0v) is 20.4. The molecule has 1 amide bonds. The first kappa shape index (κ1) is 22.6. The molecule has 4 rings (SSSR count). The summed E-state index contributed by atoms with van der Waals surface area (Å²) in [5.41, 5.74) is 1.91. The zero-order valence-electron chi connectivity index (χ0n) is 18.0. The Bertz CT molecular complexity index is 1190. The third kappa shape index (κ3) is 4.89. The molecule has 1 saturated heterocycles. The number of nitrogens with zero attached hydrogens (tertiary/aromatic N) is 3. The smallest absolute Gasteiger partial charge is 0.242 e. The van der Waals surface area contributed by atoms with Gasteiger partial charge in [0.15, 0.2) is 5.17 Å². The number of thioether (sulfide) groups is 1. The molecule has 3 aromatic rings. The van der Waals surface area contributed by atoms with E-state index in [1.165, 1.54) is 11.8 Å². The topological polar surface area (TPSA) is 54.3 Å². The van der Waals surface area contributed by atoms with Gasteiger partial charge in [0.25, 0.3) is 0 Å². The van der Waals surface area contributed by atoms with E-state index < -0.39 is 0 Å². The summed E-state index contributed by atoms with van der Waals surface area (Å²) in [5.74, 6) is 0.808. The highest BCUT2D eigenvalue weighted by atomic mass is 79.9. The summed E-state index contributed by atoms with van der Waals surface area (Å²) in [7, 11) is 1.62. The molecule has 1 atom stereocenters. The van der Waals surface area contributed by atoms with E-state index >= 15 is 0 Å². The average molecular weight is 510 g/mol. The number of benzene rings is 3. The van der Waals surface area contributed by atoms with Gasteiger partial charge < -0.3 is 4.74 Å². The van der Waals surface area contributed by atoms with E-state index in [1.807, 2.05) is 36.4 Å². The van der Waals surface area contributed by atoms with Crippen molar-refractivity contribution < 1.29 is 9.53 Å². The van der Waals surface area contributed by atoms with Crippen molar-refractivity contribution in [2.75, 3.05) is 7.11 Å². The van der Waals surface area contributed by atoms with Crippen molar-refractivity contribution in [3.8, 4) is 5.75 Å². The number of methoxy groups -OCH3 is 1. The largest absolute Gasteiger partial charge is 0.496 e. The van der Waals surface area contributed by atoms with E-state index in [-0.39, 0.29) is 11.2 Å². The van der Waals surface area contributed by atoms with Gasteiger partial charge in [-0.3, -0.25) is 9.69 Å². The molecule has 32 heavy (non-hydrogen) atoms. The SMILES string of the molecule is CCCC1SC(=NN=Cc2cc(Br)ccc2OC)N(Cc2cccc3ccccc23)C1=O. The van der Waals surface area contributed by atoms with Gasteiger partial charge in [0, 0.05) is 10.0 Å². The molecule has 0 saturated carbocycles. The van der Waals surface area contributed by atoms with Crippen molar-refractivity contribution in [3.05, 3.63) is 76.3 Å². The van der Waals surface area contributed by atoms with Gasteiger partial charge >= 0.3 is 0 Å². The maximum absolute atomic E-state index is 13.2. The Labute approximate surface area is 200 Å². The number of carbonyl (C=O) groups excluding carboxylic acids is 1. The second kappa shape index (κ2) is 10.3. The Morgan fingerprint density at radius 3 is 2.78 bits per heavy atom. The summed E-state index contributed by atoms with van der Waals surface area (Å²) in [6.07, 6.45) is 3.42. The third-order valence-corrected chi connectivity index (χ3v) is 7.04. The number of amides is 1. The van der Waals surface area contributed by atoms with E-state index in [4.69, 9.17) is 4.74 Å². The number of rotatable bonds is 7. The van der Waals surface area contributed by atoms with Crippen molar-refractivity contribution in [1.82, 2.24) is 4.90 Å². The Kier molecular flexibility index (Phi) is 7.27. The number of halogens is 1. The normalized spacial score (nSPS) is 17.7. The van der Waals surface area contributed by atoms with E-state index in [0.717, 1.165) is 39.2 Å². The molecular formula is C25H24BrN3O2S. The second-order valence-corrected chi connectivity index (χ2v) is 9.56. The monoisotopic (exact) mass is 509 g/mol. The standard InChI is InChI=1S/C25H24BrN3O2S/c1-3-7-23-24(30)29(16-18-10-6-9-17-8-4-5-11-21(17)18)25(32-23)28-27-15-19-14-20(26)12-13-22(19)31-2/h4-6,8-15,23H,3,7,16H2,1-2H3. The van der Waals surface area contributed by atoms with E-state index in [9.17, 15) is 4.79 Å². The molecule has 0 aliphatic carbocycles. The molecule has 5 nitrogen and oxygen atoms in total. The summed E-state index contributed by atoms with van der Waals surface area (Å²) in [6.45, 7) is 2.57. The lowest BCUT2D eigenvalue weighted by Gasteiger charge is -2.17. The lowest BCUT2D eigenvalue weighted by atomic mass is 10.0. The summed E-state index contributed by atoms with van der Waals surface area (Å²) in [4.78, 5) is 14.9. The first-order chi connectivity index (χ1) is 15.6. The van der Waals surface area contributed by atoms with Crippen LogP contribution in [-0.2, 0) is 11.3 Å². The molecular weight excluding hydrogens is 486 g/mol. The summed E-state index contributed by atoms with van der Waals surface area (Å²) >= 11 is 4.97. The van der Waals surface area contributed by atoms with Crippen LogP contribution in [-0.4, -0.2) is 34.5 Å². The minimum absolute atomic E-state index is 0.0961. The Balaban J connectivity index is 1.64. The molecule has 1 fully saturated rings. The Morgan fingerprint density at radius 2 is 1.97 bits per heavy atom. The average Bonchev–Trinajstić information content (AvgIpc) is 3.09. The predicted molar refractivity (Wildman–Crippen MR) is 137 cm³/mol. The van der Waals surface area contributed by atoms with E-state index in [2.05, 4.69) is 57.3 Å². The van der Waals surface area contributed by atoms with Gasteiger partial charge in [0.1, 0.15) is 5.75 Å². The molecule has 1 heterocycles. The molecule has 1 aliphatic rings. The van der Waals surface area contributed by atoms with Gasteiger partial charge in [-0.25, -0.2) is 0 Å². The fraction of sp³-hybridized carbons (Fsp3) is 0.240. The van der Waals surface area contributed by atoms with Crippen LogP contribution in [0.5, 0.6) is 5.75 Å². The summed E-state index contributed by atoms with van der Waals surface area (Å²) < 4.78 is 6.33. The lowest BCUT2D eigenvalue weighted by molar-refractivity contribution is -0.126. The highest BCUT2D eigenvalue weighted by Crippen LogP contribution is 2.33. The number of hydrogen-bond donors (Lipinski definition) is 0. The first-order valence-electron chi connectivity index (χ1n) is 10.5. The fourth-order valence-corrected chi connectivity index (χ4v) is 5.32. The van der Waals surface area contributed by atoms with Gasteiger partial charge in [-0.15, -0.1) is 5.10 Å². The van der Waals surface area contributed by atoms with Gasteiger partial charge in [-0.05, 0) is 41.0 Å². The van der Waals surface area contributed by atoms with Crippen LogP contribution in [0.4, 0.5) is 0 Å². The highest BCUT2D eigenvalue weighted by molar-refractivity contribution is 9.10. The predicted octanol–water partition coefficient (Wildman–Crippen LogP) is 6.25. The Hall–Kier alpha value is -2.64. The molecule has 1 aliphatic heterocycles. The third-order valence-electron chi connectivity index (χ3n) is 5.31. The number of fused-ring (bicyclic) bond motifs is 1. The molecule has 7 heteroatoms. The fourth-order valence-electron chi connectivity index (χ4n) is 3.72. The van der Waals surface area contributed by atoms with Crippen molar-refractivity contribution in [2.45, 2.75) is 31.6 Å². The number of ether oxygens (including phenoxy) is 1. The lowest BCUT2D eigenvalue weighted by Crippen LogP contribution is -2.31. The number of hydrogen-bond acceptors (Lipinski definition) is 5. The number of amidine groups is 1. The minimum atomic E-state index is -0.121. The van der Waals surface area contributed by atoms with Crippen LogP contribution in [0.1, 0.15) is 30.9 Å². The summed E-state index contributed by atoms with van der Waals surface area (Å²) in [6, 6.07) is 20.1. The van der Waals surface area contributed by atoms with E-state index in [1.54, 1.807) is 18.2 Å². The van der Waals surface area contributed by atoms with Gasteiger partial charge in [-0.2, -0.15) is 5.10 Å². The molecule has 0 spiro atoms. The maximum Gasteiger partial charge on any atom is 0.242 e. The molecule has 0 N–H and O–H groups in total. The van der Waals surface area contributed by atoms with Crippen LogP contribution >= 0.6 is 27.7 Å². The van der Waals surface area contributed by atoms with Crippen LogP contribution in [0.3, 0.4) is 0 Å². The number of carbonyl (C=O) groups is 1. The minimum Gasteiger partial charge on any atom is -0.496 e. The molecule has 0 bridgehead atoms. The molecule has 0 aromatic heterocycles. The molecule has 3 aromatic carbocycles.